The lowest BCUT2D eigenvalue weighted by atomic mass is 9.80. The molecule has 1 aromatic rings. The van der Waals surface area contributed by atoms with Crippen molar-refractivity contribution in [1.29, 1.82) is 0 Å². The summed E-state index contributed by atoms with van der Waals surface area (Å²) in [4.78, 5) is 12.1. The van der Waals surface area contributed by atoms with Crippen LogP contribution in [0.2, 0.25) is 0 Å². The predicted octanol–water partition coefficient (Wildman–Crippen LogP) is 2.50. The zero-order valence-corrected chi connectivity index (χ0v) is 12.4. The lowest BCUT2D eigenvalue weighted by Crippen LogP contribution is -2.35. The smallest absolute Gasteiger partial charge is 0.254 e. The van der Waals surface area contributed by atoms with Gasteiger partial charge < -0.3 is 5.32 Å². The predicted molar refractivity (Wildman–Crippen MR) is 76.4 cm³/mol. The van der Waals surface area contributed by atoms with E-state index in [1.165, 1.54) is 25.7 Å². The monoisotopic (exact) mass is 283 g/mol. The van der Waals surface area contributed by atoms with Gasteiger partial charge in [-0.25, -0.2) is 0 Å². The second-order valence-corrected chi connectivity index (χ2v) is 5.78. The van der Waals surface area contributed by atoms with Crippen molar-refractivity contribution >= 4 is 17.5 Å². The van der Waals surface area contributed by atoms with E-state index in [0.717, 1.165) is 12.2 Å². The minimum absolute atomic E-state index is 0.0236. The molecule has 0 bridgehead atoms. The van der Waals surface area contributed by atoms with E-state index in [9.17, 15) is 4.79 Å². The van der Waals surface area contributed by atoms with Crippen LogP contribution < -0.4 is 5.32 Å². The highest BCUT2D eigenvalue weighted by Crippen LogP contribution is 2.30. The fourth-order valence-electron chi connectivity index (χ4n) is 2.90. The lowest BCUT2D eigenvalue weighted by molar-refractivity contribution is 0.0936. The van der Waals surface area contributed by atoms with E-state index in [1.807, 2.05) is 14.0 Å². The number of hydrogen-bond donors (Lipinski definition) is 1. The molecular formula is C14H22ClN3O. The Morgan fingerprint density at radius 3 is 2.74 bits per heavy atom. The molecule has 106 valence electrons. The Morgan fingerprint density at radius 2 is 2.16 bits per heavy atom. The van der Waals surface area contributed by atoms with Crippen LogP contribution in [0.1, 0.15) is 41.7 Å². The Hall–Kier alpha value is -1.03. The highest BCUT2D eigenvalue weighted by molar-refractivity contribution is 6.18. The van der Waals surface area contributed by atoms with Crippen LogP contribution in [-0.2, 0) is 7.05 Å². The number of halogens is 1. The summed E-state index contributed by atoms with van der Waals surface area (Å²) in [5, 5.41) is 7.23. The van der Waals surface area contributed by atoms with Gasteiger partial charge in [-0.1, -0.05) is 12.8 Å². The van der Waals surface area contributed by atoms with E-state index < -0.39 is 0 Å². The fraction of sp³-hybridized carbons (Fsp3) is 0.714. The molecule has 0 aliphatic heterocycles. The summed E-state index contributed by atoms with van der Waals surface area (Å²) in [6.45, 7) is 2.58. The summed E-state index contributed by atoms with van der Waals surface area (Å²) >= 11 is 6.01. The van der Waals surface area contributed by atoms with Gasteiger partial charge in [0.25, 0.3) is 5.91 Å². The number of carbonyl (C=O) groups excluding carboxylic acids is 1. The van der Waals surface area contributed by atoms with Gasteiger partial charge in [0.2, 0.25) is 0 Å². The Kier molecular flexibility index (Phi) is 4.86. The molecule has 2 rings (SSSR count). The first-order valence-corrected chi connectivity index (χ1v) is 7.49. The number of rotatable bonds is 4. The van der Waals surface area contributed by atoms with Gasteiger partial charge in [0.05, 0.1) is 11.3 Å². The number of aryl methyl sites for hydroxylation is 2. The maximum absolute atomic E-state index is 12.1. The van der Waals surface area contributed by atoms with E-state index in [1.54, 1.807) is 10.9 Å². The van der Waals surface area contributed by atoms with Crippen LogP contribution >= 0.6 is 11.6 Å². The maximum atomic E-state index is 12.1. The highest BCUT2D eigenvalue weighted by Gasteiger charge is 2.25. The van der Waals surface area contributed by atoms with Crippen molar-refractivity contribution in [3.8, 4) is 0 Å². The second kappa shape index (κ2) is 6.42. The topological polar surface area (TPSA) is 46.9 Å². The van der Waals surface area contributed by atoms with Crippen LogP contribution in [0.4, 0.5) is 0 Å². The van der Waals surface area contributed by atoms with E-state index in [0.29, 0.717) is 23.3 Å². The van der Waals surface area contributed by atoms with Gasteiger partial charge >= 0.3 is 0 Å². The van der Waals surface area contributed by atoms with Crippen molar-refractivity contribution in [2.75, 3.05) is 12.4 Å². The van der Waals surface area contributed by atoms with E-state index in [4.69, 9.17) is 11.6 Å². The zero-order valence-electron chi connectivity index (χ0n) is 11.7. The molecule has 2 unspecified atom stereocenters. The summed E-state index contributed by atoms with van der Waals surface area (Å²) in [7, 11) is 1.83. The van der Waals surface area contributed by atoms with Crippen molar-refractivity contribution in [3.63, 3.8) is 0 Å². The number of alkyl halides is 1. The third kappa shape index (κ3) is 3.50. The van der Waals surface area contributed by atoms with E-state index in [2.05, 4.69) is 10.4 Å². The van der Waals surface area contributed by atoms with Gasteiger partial charge in [0.1, 0.15) is 0 Å². The van der Waals surface area contributed by atoms with Gasteiger partial charge in [-0.15, -0.1) is 11.6 Å². The van der Waals surface area contributed by atoms with E-state index in [-0.39, 0.29) is 5.91 Å². The van der Waals surface area contributed by atoms with Crippen molar-refractivity contribution < 1.29 is 4.79 Å². The molecule has 1 aliphatic carbocycles. The van der Waals surface area contributed by atoms with Crippen LogP contribution in [0.25, 0.3) is 0 Å². The van der Waals surface area contributed by atoms with Crippen LogP contribution in [0, 0.1) is 18.8 Å². The van der Waals surface area contributed by atoms with Crippen molar-refractivity contribution in [1.82, 2.24) is 15.1 Å². The summed E-state index contributed by atoms with van der Waals surface area (Å²) in [5.74, 6) is 1.74. The average Bonchev–Trinajstić information content (AvgIpc) is 2.75. The maximum Gasteiger partial charge on any atom is 0.254 e. The number of aromatic nitrogens is 2. The standard InChI is InChI=1S/C14H22ClN3O/c1-10-13(9-18(2)17-10)14(19)16-8-12-6-4-3-5-11(12)7-15/h9,11-12H,3-8H2,1-2H3,(H,16,19). The Morgan fingerprint density at radius 1 is 1.47 bits per heavy atom. The van der Waals surface area contributed by atoms with Crippen LogP contribution in [0.3, 0.4) is 0 Å². The highest BCUT2D eigenvalue weighted by atomic mass is 35.5. The minimum atomic E-state index is -0.0236. The number of hydrogen-bond acceptors (Lipinski definition) is 2. The average molecular weight is 284 g/mol. The molecule has 1 aliphatic rings. The van der Waals surface area contributed by atoms with E-state index >= 15 is 0 Å². The van der Waals surface area contributed by atoms with Crippen molar-refractivity contribution in [2.24, 2.45) is 18.9 Å². The zero-order chi connectivity index (χ0) is 13.8. The third-order valence-electron chi connectivity index (χ3n) is 4.05. The first-order chi connectivity index (χ1) is 9.11. The largest absolute Gasteiger partial charge is 0.352 e. The molecule has 1 aromatic heterocycles. The fourth-order valence-corrected chi connectivity index (χ4v) is 3.30. The van der Waals surface area contributed by atoms with Gasteiger partial charge in [0, 0.05) is 25.7 Å². The molecule has 5 heteroatoms. The Bertz CT molecular complexity index is 444. The van der Waals surface area contributed by atoms with Crippen LogP contribution in [0.15, 0.2) is 6.20 Å². The Balaban J connectivity index is 1.91. The Labute approximate surface area is 119 Å². The first kappa shape index (κ1) is 14.4. The molecule has 1 saturated carbocycles. The quantitative estimate of drug-likeness (QED) is 0.863. The number of nitrogens with one attached hydrogen (secondary N) is 1. The SMILES string of the molecule is Cc1nn(C)cc1C(=O)NCC1CCCCC1CCl. The van der Waals surface area contributed by atoms with Gasteiger partial charge in [-0.05, 0) is 31.6 Å². The van der Waals surface area contributed by atoms with Crippen LogP contribution in [0.5, 0.6) is 0 Å². The summed E-state index contributed by atoms with van der Waals surface area (Å²) in [6, 6.07) is 0. The van der Waals surface area contributed by atoms with Crippen molar-refractivity contribution in [2.45, 2.75) is 32.6 Å². The molecule has 0 saturated heterocycles. The molecule has 1 heterocycles. The molecular weight excluding hydrogens is 262 g/mol. The number of carbonyl (C=O) groups is 1. The van der Waals surface area contributed by atoms with Gasteiger partial charge in [0.15, 0.2) is 0 Å². The summed E-state index contributed by atoms with van der Waals surface area (Å²) in [6.07, 6.45) is 6.65. The molecule has 4 nitrogen and oxygen atoms in total. The second-order valence-electron chi connectivity index (χ2n) is 5.47. The summed E-state index contributed by atoms with van der Waals surface area (Å²) < 4.78 is 1.67. The normalized spacial score (nSPS) is 23.3. The minimum Gasteiger partial charge on any atom is -0.352 e. The van der Waals surface area contributed by atoms with Gasteiger partial charge in [-0.3, -0.25) is 9.48 Å². The molecule has 0 aromatic carbocycles. The third-order valence-corrected chi connectivity index (χ3v) is 4.44. The molecule has 1 fully saturated rings. The van der Waals surface area contributed by atoms with Gasteiger partial charge in [-0.2, -0.15) is 5.10 Å². The molecule has 2 atom stereocenters. The molecule has 19 heavy (non-hydrogen) atoms. The number of amides is 1. The molecule has 0 spiro atoms. The van der Waals surface area contributed by atoms with Crippen LogP contribution in [-0.4, -0.2) is 28.1 Å². The summed E-state index contributed by atoms with van der Waals surface area (Å²) in [5.41, 5.74) is 1.44. The van der Waals surface area contributed by atoms with Crippen molar-refractivity contribution in [3.05, 3.63) is 17.5 Å². The lowest BCUT2D eigenvalue weighted by Gasteiger charge is -2.30. The molecule has 1 N–H and O–H groups in total. The number of nitrogens with zero attached hydrogens (tertiary/aromatic N) is 2. The first-order valence-electron chi connectivity index (χ1n) is 6.96. The molecule has 1 amide bonds. The molecule has 0 radical (unpaired) electrons.